The molecular formula is C17H24ClN3O2. The predicted octanol–water partition coefficient (Wildman–Crippen LogP) is 2.18. The molecule has 1 saturated heterocycles. The lowest BCUT2D eigenvalue weighted by Gasteiger charge is -2.34. The first-order chi connectivity index (χ1) is 11.0. The second-order valence-electron chi connectivity index (χ2n) is 6.72. The van der Waals surface area contributed by atoms with Crippen molar-refractivity contribution in [3.05, 3.63) is 23.4 Å². The summed E-state index contributed by atoms with van der Waals surface area (Å²) in [6.07, 6.45) is 5.13. The normalized spacial score (nSPS) is 20.4. The van der Waals surface area contributed by atoms with Crippen molar-refractivity contribution in [1.82, 2.24) is 9.88 Å². The van der Waals surface area contributed by atoms with Crippen LogP contribution in [0.5, 0.6) is 0 Å². The molecule has 1 saturated carbocycles. The van der Waals surface area contributed by atoms with E-state index in [1.807, 2.05) is 12.1 Å². The van der Waals surface area contributed by atoms with Crippen LogP contribution < -0.4 is 4.90 Å². The van der Waals surface area contributed by atoms with E-state index in [0.29, 0.717) is 17.5 Å². The Morgan fingerprint density at radius 1 is 1.39 bits per heavy atom. The van der Waals surface area contributed by atoms with Gasteiger partial charge in [-0.15, -0.1) is 0 Å². The fourth-order valence-corrected chi connectivity index (χ4v) is 3.33. The first-order valence-electron chi connectivity index (χ1n) is 8.34. The quantitative estimate of drug-likeness (QED) is 0.894. The smallest absolute Gasteiger partial charge is 0.225 e. The highest BCUT2D eigenvalue weighted by molar-refractivity contribution is 6.30. The van der Waals surface area contributed by atoms with Crippen LogP contribution in [0.25, 0.3) is 0 Å². The molecule has 1 N–H and O–H groups in total. The lowest BCUT2D eigenvalue weighted by Crippen LogP contribution is -2.43. The van der Waals surface area contributed by atoms with Gasteiger partial charge in [0, 0.05) is 38.8 Å². The molecule has 2 aliphatic rings. The third-order valence-electron chi connectivity index (χ3n) is 4.88. The first-order valence-corrected chi connectivity index (χ1v) is 8.72. The van der Waals surface area contributed by atoms with E-state index in [9.17, 15) is 9.90 Å². The van der Waals surface area contributed by atoms with Crippen molar-refractivity contribution in [1.29, 1.82) is 0 Å². The van der Waals surface area contributed by atoms with E-state index in [1.54, 1.807) is 18.1 Å². The van der Waals surface area contributed by atoms with Gasteiger partial charge >= 0.3 is 0 Å². The number of rotatable bonds is 5. The monoisotopic (exact) mass is 337 g/mol. The largest absolute Gasteiger partial charge is 0.391 e. The van der Waals surface area contributed by atoms with E-state index in [0.717, 1.165) is 44.6 Å². The second kappa shape index (κ2) is 7.05. The zero-order valence-electron chi connectivity index (χ0n) is 13.5. The lowest BCUT2D eigenvalue weighted by atomic mass is 9.95. The van der Waals surface area contributed by atoms with E-state index in [2.05, 4.69) is 9.88 Å². The van der Waals surface area contributed by atoms with Crippen LogP contribution in [-0.4, -0.2) is 53.7 Å². The maximum atomic E-state index is 12.5. The van der Waals surface area contributed by atoms with Crippen molar-refractivity contribution in [2.75, 3.05) is 31.6 Å². The molecule has 0 radical (unpaired) electrons. The molecule has 1 unspecified atom stereocenters. The number of piperidine rings is 1. The summed E-state index contributed by atoms with van der Waals surface area (Å²) < 4.78 is 0. The summed E-state index contributed by atoms with van der Waals surface area (Å²) in [5.41, 5.74) is 0. The van der Waals surface area contributed by atoms with E-state index in [1.165, 1.54) is 0 Å². The minimum atomic E-state index is -0.359. The van der Waals surface area contributed by atoms with Crippen LogP contribution in [0.2, 0.25) is 5.02 Å². The zero-order chi connectivity index (χ0) is 16.4. The number of aliphatic hydroxyl groups excluding tert-OH is 1. The van der Waals surface area contributed by atoms with Crippen molar-refractivity contribution in [3.63, 3.8) is 0 Å². The summed E-state index contributed by atoms with van der Waals surface area (Å²) in [6, 6.07) is 3.76. The molecule has 1 amide bonds. The molecule has 1 aromatic heterocycles. The van der Waals surface area contributed by atoms with E-state index in [4.69, 9.17) is 11.6 Å². The number of carbonyl (C=O) groups excluding carboxylic acids is 1. The number of pyridine rings is 1. The highest BCUT2D eigenvalue weighted by atomic mass is 35.5. The molecule has 3 rings (SSSR count). The zero-order valence-corrected chi connectivity index (χ0v) is 14.2. The van der Waals surface area contributed by atoms with Gasteiger partial charge in [0.1, 0.15) is 5.82 Å². The molecule has 1 atom stereocenters. The average Bonchev–Trinajstić information content (AvgIpc) is 3.40. The summed E-state index contributed by atoms with van der Waals surface area (Å²) in [6.45, 7) is 2.11. The van der Waals surface area contributed by atoms with Gasteiger partial charge in [-0.2, -0.15) is 0 Å². The molecule has 1 aromatic rings. The SMILES string of the molecule is CN(CC(O)C1CC1)C(=O)C1CCN(c2ccc(Cl)cn2)CC1. The third kappa shape index (κ3) is 4.15. The Labute approximate surface area is 142 Å². The Morgan fingerprint density at radius 2 is 2.09 bits per heavy atom. The van der Waals surface area contributed by atoms with Gasteiger partial charge in [0.2, 0.25) is 5.91 Å². The molecule has 0 spiro atoms. The molecule has 5 nitrogen and oxygen atoms in total. The van der Waals surface area contributed by atoms with Crippen LogP contribution in [0.4, 0.5) is 5.82 Å². The van der Waals surface area contributed by atoms with Gasteiger partial charge in [0.15, 0.2) is 0 Å². The number of hydrogen-bond acceptors (Lipinski definition) is 4. The predicted molar refractivity (Wildman–Crippen MR) is 90.6 cm³/mol. The standard InChI is InChI=1S/C17H24ClN3O2/c1-20(11-15(22)12-2-3-12)17(23)13-6-8-21(9-7-13)16-5-4-14(18)10-19-16/h4-5,10,12-13,15,22H,2-3,6-9,11H2,1H3. The number of amides is 1. The maximum absolute atomic E-state index is 12.5. The molecule has 1 aliphatic carbocycles. The first kappa shape index (κ1) is 16.5. The summed E-state index contributed by atoms with van der Waals surface area (Å²) in [5.74, 6) is 1.53. The van der Waals surface area contributed by atoms with Gasteiger partial charge in [0.25, 0.3) is 0 Å². The molecule has 23 heavy (non-hydrogen) atoms. The molecule has 6 heteroatoms. The molecular weight excluding hydrogens is 314 g/mol. The Balaban J connectivity index is 1.49. The number of hydrogen-bond donors (Lipinski definition) is 1. The van der Waals surface area contributed by atoms with Crippen LogP contribution in [-0.2, 0) is 4.79 Å². The highest BCUT2D eigenvalue weighted by Gasteiger charge is 2.33. The van der Waals surface area contributed by atoms with E-state index >= 15 is 0 Å². The van der Waals surface area contributed by atoms with Crippen LogP contribution in [0, 0.1) is 11.8 Å². The minimum Gasteiger partial charge on any atom is -0.391 e. The van der Waals surface area contributed by atoms with Gasteiger partial charge in [-0.3, -0.25) is 4.79 Å². The van der Waals surface area contributed by atoms with Crippen molar-refractivity contribution < 1.29 is 9.90 Å². The van der Waals surface area contributed by atoms with Crippen molar-refractivity contribution in [3.8, 4) is 0 Å². The minimum absolute atomic E-state index is 0.0509. The maximum Gasteiger partial charge on any atom is 0.225 e. The number of likely N-dealkylation sites (N-methyl/N-ethyl adjacent to an activating group) is 1. The van der Waals surface area contributed by atoms with Crippen LogP contribution in [0.1, 0.15) is 25.7 Å². The topological polar surface area (TPSA) is 56.7 Å². The number of anilines is 1. The summed E-state index contributed by atoms with van der Waals surface area (Å²) in [7, 11) is 1.81. The van der Waals surface area contributed by atoms with Crippen LogP contribution in [0.15, 0.2) is 18.3 Å². The van der Waals surface area contributed by atoms with E-state index < -0.39 is 0 Å². The summed E-state index contributed by atoms with van der Waals surface area (Å²) in [4.78, 5) is 20.8. The number of halogens is 1. The molecule has 126 valence electrons. The fraction of sp³-hybridized carbons (Fsp3) is 0.647. The Bertz CT molecular complexity index is 539. The lowest BCUT2D eigenvalue weighted by molar-refractivity contribution is -0.136. The number of aromatic nitrogens is 1. The number of nitrogens with zero attached hydrogens (tertiary/aromatic N) is 3. The fourth-order valence-electron chi connectivity index (χ4n) is 3.22. The molecule has 1 aliphatic heterocycles. The summed E-state index contributed by atoms with van der Waals surface area (Å²) in [5, 5.41) is 10.6. The third-order valence-corrected chi connectivity index (χ3v) is 5.11. The Kier molecular flexibility index (Phi) is 5.07. The number of aliphatic hydroxyl groups is 1. The Hall–Kier alpha value is -1.33. The molecule has 2 fully saturated rings. The highest BCUT2D eigenvalue weighted by Crippen LogP contribution is 2.33. The van der Waals surface area contributed by atoms with Gasteiger partial charge < -0.3 is 14.9 Å². The summed E-state index contributed by atoms with van der Waals surface area (Å²) >= 11 is 5.87. The van der Waals surface area contributed by atoms with Crippen LogP contribution in [0.3, 0.4) is 0 Å². The average molecular weight is 338 g/mol. The molecule has 2 heterocycles. The van der Waals surface area contributed by atoms with Crippen LogP contribution >= 0.6 is 11.6 Å². The van der Waals surface area contributed by atoms with Crippen molar-refractivity contribution in [2.24, 2.45) is 11.8 Å². The second-order valence-corrected chi connectivity index (χ2v) is 7.16. The number of carbonyl (C=O) groups is 1. The van der Waals surface area contributed by atoms with E-state index in [-0.39, 0.29) is 17.9 Å². The van der Waals surface area contributed by atoms with Crippen molar-refractivity contribution >= 4 is 23.3 Å². The van der Waals surface area contributed by atoms with Gasteiger partial charge in [-0.05, 0) is 43.7 Å². The van der Waals surface area contributed by atoms with Gasteiger partial charge in [0.05, 0.1) is 11.1 Å². The Morgan fingerprint density at radius 3 is 2.65 bits per heavy atom. The molecule has 0 bridgehead atoms. The van der Waals surface area contributed by atoms with Gasteiger partial charge in [-0.1, -0.05) is 11.6 Å². The molecule has 0 aromatic carbocycles. The van der Waals surface area contributed by atoms with Crippen molar-refractivity contribution in [2.45, 2.75) is 31.8 Å². The van der Waals surface area contributed by atoms with Gasteiger partial charge in [-0.25, -0.2) is 4.98 Å².